The molecule has 5 heteroatoms. The molecule has 0 radical (unpaired) electrons. The Morgan fingerprint density at radius 1 is 1.00 bits per heavy atom. The van der Waals surface area contributed by atoms with Gasteiger partial charge in [0.05, 0.1) is 17.2 Å². The molecule has 2 aromatic carbocycles. The molecule has 3 rings (SSSR count). The van der Waals surface area contributed by atoms with Crippen LogP contribution in [0, 0.1) is 0 Å². The summed E-state index contributed by atoms with van der Waals surface area (Å²) in [6.45, 7) is 1.89. The van der Waals surface area contributed by atoms with Gasteiger partial charge in [0.15, 0.2) is 0 Å². The number of benzene rings is 2. The Balaban J connectivity index is 1.82. The molecule has 2 aromatic rings. The summed E-state index contributed by atoms with van der Waals surface area (Å²) in [5.74, 6) is -0.996. The molecule has 0 fully saturated rings. The fourth-order valence-corrected chi connectivity index (χ4v) is 2.61. The Bertz CT molecular complexity index is 799. The number of carbonyl (C=O) groups is 3. The zero-order valence-corrected chi connectivity index (χ0v) is 12.9. The molecule has 0 aromatic heterocycles. The van der Waals surface area contributed by atoms with Crippen LogP contribution >= 0.6 is 0 Å². The van der Waals surface area contributed by atoms with E-state index in [4.69, 9.17) is 0 Å². The van der Waals surface area contributed by atoms with E-state index < -0.39 is 0 Å². The van der Waals surface area contributed by atoms with Gasteiger partial charge in [-0.05, 0) is 30.7 Å². The first-order valence-corrected chi connectivity index (χ1v) is 7.31. The SMILES string of the molecule is CC(NC(=O)c1ccc2c(c1)C(=O)N(C)C2=O)c1ccccc1. The fraction of sp³-hybridized carbons (Fsp3) is 0.167. The molecule has 0 aliphatic carbocycles. The van der Waals surface area contributed by atoms with Crippen LogP contribution in [-0.4, -0.2) is 29.7 Å². The molecule has 23 heavy (non-hydrogen) atoms. The maximum absolute atomic E-state index is 12.4. The van der Waals surface area contributed by atoms with Crippen molar-refractivity contribution in [2.75, 3.05) is 7.05 Å². The maximum Gasteiger partial charge on any atom is 0.261 e. The Hall–Kier alpha value is -2.95. The summed E-state index contributed by atoms with van der Waals surface area (Å²) in [7, 11) is 1.43. The fourth-order valence-electron chi connectivity index (χ4n) is 2.61. The average Bonchev–Trinajstić information content (AvgIpc) is 2.79. The zero-order valence-electron chi connectivity index (χ0n) is 12.9. The normalized spacial score (nSPS) is 14.6. The smallest absolute Gasteiger partial charge is 0.261 e. The third-order valence-corrected chi connectivity index (χ3v) is 4.00. The van der Waals surface area contributed by atoms with Gasteiger partial charge in [-0.2, -0.15) is 0 Å². The van der Waals surface area contributed by atoms with Gasteiger partial charge in [0.1, 0.15) is 0 Å². The molecule has 1 aliphatic rings. The molecular weight excluding hydrogens is 292 g/mol. The highest BCUT2D eigenvalue weighted by molar-refractivity contribution is 6.21. The van der Waals surface area contributed by atoms with Crippen LogP contribution in [0.4, 0.5) is 0 Å². The van der Waals surface area contributed by atoms with Crippen LogP contribution in [0.2, 0.25) is 0 Å². The van der Waals surface area contributed by atoms with Crippen LogP contribution < -0.4 is 5.32 Å². The predicted octanol–water partition coefficient (Wildman–Crippen LogP) is 2.40. The van der Waals surface area contributed by atoms with Crippen LogP contribution in [0.25, 0.3) is 0 Å². The third kappa shape index (κ3) is 2.61. The highest BCUT2D eigenvalue weighted by Crippen LogP contribution is 2.23. The number of hydrogen-bond donors (Lipinski definition) is 1. The molecule has 0 saturated carbocycles. The van der Waals surface area contributed by atoms with Crippen molar-refractivity contribution in [3.8, 4) is 0 Å². The van der Waals surface area contributed by atoms with E-state index in [1.54, 1.807) is 6.07 Å². The molecule has 1 N–H and O–H groups in total. The van der Waals surface area contributed by atoms with Gasteiger partial charge >= 0.3 is 0 Å². The molecule has 1 heterocycles. The first kappa shape index (κ1) is 15.0. The van der Waals surface area contributed by atoms with E-state index in [-0.39, 0.29) is 29.3 Å². The van der Waals surface area contributed by atoms with Crippen molar-refractivity contribution in [2.24, 2.45) is 0 Å². The molecule has 0 bridgehead atoms. The van der Waals surface area contributed by atoms with E-state index in [1.165, 1.54) is 19.2 Å². The lowest BCUT2D eigenvalue weighted by atomic mass is 10.0. The average molecular weight is 308 g/mol. The summed E-state index contributed by atoms with van der Waals surface area (Å²) in [6, 6.07) is 14.0. The van der Waals surface area contributed by atoms with Crippen molar-refractivity contribution in [3.63, 3.8) is 0 Å². The Labute approximate surface area is 133 Å². The van der Waals surface area contributed by atoms with Crippen LogP contribution in [0.1, 0.15) is 49.6 Å². The summed E-state index contributed by atoms with van der Waals surface area (Å²) in [5, 5.41) is 2.89. The van der Waals surface area contributed by atoms with E-state index in [9.17, 15) is 14.4 Å². The van der Waals surface area contributed by atoms with E-state index in [1.807, 2.05) is 37.3 Å². The second kappa shape index (κ2) is 5.68. The molecule has 3 amide bonds. The molecule has 1 unspecified atom stereocenters. The minimum Gasteiger partial charge on any atom is -0.346 e. The minimum atomic E-state index is -0.379. The van der Waals surface area contributed by atoms with E-state index in [2.05, 4.69) is 5.32 Å². The minimum absolute atomic E-state index is 0.156. The second-order valence-corrected chi connectivity index (χ2v) is 5.54. The van der Waals surface area contributed by atoms with Gasteiger partial charge < -0.3 is 5.32 Å². The number of hydrogen-bond acceptors (Lipinski definition) is 3. The Kier molecular flexibility index (Phi) is 3.70. The van der Waals surface area contributed by atoms with Crippen molar-refractivity contribution >= 4 is 17.7 Å². The lowest BCUT2D eigenvalue weighted by molar-refractivity contribution is 0.0693. The largest absolute Gasteiger partial charge is 0.346 e. The number of fused-ring (bicyclic) bond motifs is 1. The highest BCUT2D eigenvalue weighted by atomic mass is 16.2. The van der Waals surface area contributed by atoms with Crippen molar-refractivity contribution in [3.05, 3.63) is 70.8 Å². The second-order valence-electron chi connectivity index (χ2n) is 5.54. The summed E-state index contributed by atoms with van der Waals surface area (Å²) in [4.78, 5) is 37.3. The predicted molar refractivity (Wildman–Crippen MR) is 85.2 cm³/mol. The van der Waals surface area contributed by atoms with Gasteiger partial charge in [0.2, 0.25) is 0 Å². The van der Waals surface area contributed by atoms with E-state index in [0.717, 1.165) is 10.5 Å². The zero-order chi connectivity index (χ0) is 16.6. The Morgan fingerprint density at radius 2 is 1.65 bits per heavy atom. The molecule has 5 nitrogen and oxygen atoms in total. The molecule has 1 aliphatic heterocycles. The van der Waals surface area contributed by atoms with Crippen LogP contribution in [-0.2, 0) is 0 Å². The topological polar surface area (TPSA) is 66.5 Å². The maximum atomic E-state index is 12.4. The quantitative estimate of drug-likeness (QED) is 0.885. The van der Waals surface area contributed by atoms with Gasteiger partial charge in [-0.25, -0.2) is 0 Å². The monoisotopic (exact) mass is 308 g/mol. The van der Waals surface area contributed by atoms with Crippen LogP contribution in [0.5, 0.6) is 0 Å². The molecule has 0 spiro atoms. The molecule has 1 atom stereocenters. The van der Waals surface area contributed by atoms with Crippen molar-refractivity contribution < 1.29 is 14.4 Å². The number of imide groups is 1. The van der Waals surface area contributed by atoms with E-state index in [0.29, 0.717) is 11.1 Å². The Morgan fingerprint density at radius 3 is 2.35 bits per heavy atom. The standard InChI is InChI=1S/C18H16N2O3/c1-11(12-6-4-3-5-7-12)19-16(21)13-8-9-14-15(10-13)18(23)20(2)17(14)22/h3-11H,1-2H3,(H,19,21). The van der Waals surface area contributed by atoms with Crippen molar-refractivity contribution in [1.29, 1.82) is 0 Å². The van der Waals surface area contributed by atoms with Gasteiger partial charge in [-0.1, -0.05) is 30.3 Å². The van der Waals surface area contributed by atoms with Crippen molar-refractivity contribution in [1.82, 2.24) is 10.2 Å². The molecular formula is C18H16N2O3. The number of nitrogens with zero attached hydrogens (tertiary/aromatic N) is 1. The summed E-state index contributed by atoms with van der Waals surface area (Å²) in [6.07, 6.45) is 0. The highest BCUT2D eigenvalue weighted by Gasteiger charge is 2.33. The molecule has 0 saturated heterocycles. The van der Waals surface area contributed by atoms with Gasteiger partial charge in [-0.3, -0.25) is 19.3 Å². The number of nitrogens with one attached hydrogen (secondary N) is 1. The molecule has 116 valence electrons. The van der Waals surface area contributed by atoms with Crippen molar-refractivity contribution in [2.45, 2.75) is 13.0 Å². The first-order valence-electron chi connectivity index (χ1n) is 7.31. The summed E-state index contributed by atoms with van der Waals surface area (Å²) < 4.78 is 0. The first-order chi connectivity index (χ1) is 11.0. The van der Waals surface area contributed by atoms with Crippen LogP contribution in [0.3, 0.4) is 0 Å². The van der Waals surface area contributed by atoms with Crippen LogP contribution in [0.15, 0.2) is 48.5 Å². The third-order valence-electron chi connectivity index (χ3n) is 4.00. The van der Waals surface area contributed by atoms with E-state index >= 15 is 0 Å². The lowest BCUT2D eigenvalue weighted by Gasteiger charge is -2.14. The van der Waals surface area contributed by atoms with Gasteiger partial charge in [0.25, 0.3) is 17.7 Å². The summed E-state index contributed by atoms with van der Waals surface area (Å²) >= 11 is 0. The number of rotatable bonds is 3. The van der Waals surface area contributed by atoms with Gasteiger partial charge in [0, 0.05) is 12.6 Å². The number of amides is 3. The lowest BCUT2D eigenvalue weighted by Crippen LogP contribution is -2.26. The van der Waals surface area contributed by atoms with Gasteiger partial charge in [-0.15, -0.1) is 0 Å². The number of carbonyl (C=O) groups excluding carboxylic acids is 3. The summed E-state index contributed by atoms with van der Waals surface area (Å²) in [5.41, 5.74) is 1.97.